The average Bonchev–Trinajstić information content (AvgIpc) is 2.85. The topological polar surface area (TPSA) is 97.6 Å². The Bertz CT molecular complexity index is 1280. The first kappa shape index (κ1) is 22.7. The van der Waals surface area contributed by atoms with E-state index in [2.05, 4.69) is 4.98 Å². The molecule has 0 bridgehead atoms. The molecule has 0 unspecified atom stereocenters. The highest BCUT2D eigenvalue weighted by atomic mass is 32.2. The van der Waals surface area contributed by atoms with Crippen molar-refractivity contribution in [1.29, 1.82) is 0 Å². The quantitative estimate of drug-likeness (QED) is 0.438. The largest absolute Gasteiger partial charge is 0.493 e. The minimum atomic E-state index is -0.787. The predicted octanol–water partition coefficient (Wildman–Crippen LogP) is 2.78. The number of nitrogens with zero attached hydrogens (tertiary/aromatic N) is 3. The molecule has 3 aromatic rings. The van der Waals surface area contributed by atoms with Gasteiger partial charge in [0.05, 0.1) is 38.1 Å². The number of methoxy groups -OCH3 is 3. The van der Waals surface area contributed by atoms with Crippen molar-refractivity contribution in [3.8, 4) is 28.5 Å². The fourth-order valence-corrected chi connectivity index (χ4v) is 4.48. The van der Waals surface area contributed by atoms with E-state index in [1.165, 1.54) is 33.1 Å². The predicted molar refractivity (Wildman–Crippen MR) is 124 cm³/mol. The van der Waals surface area contributed by atoms with Crippen LogP contribution in [0.15, 0.2) is 46.3 Å². The number of aromatic nitrogens is 3. The second-order valence-electron chi connectivity index (χ2n) is 7.19. The number of carbonyl (C=O) groups excluding carboxylic acids is 1. The van der Waals surface area contributed by atoms with Crippen molar-refractivity contribution in [1.82, 2.24) is 10.1 Å². The van der Waals surface area contributed by atoms with Gasteiger partial charge in [-0.05, 0) is 35.2 Å². The molecule has 9 nitrogen and oxygen atoms in total. The molecule has 0 fully saturated rings. The number of fused-ring (bicyclic) bond motifs is 3. The minimum absolute atomic E-state index is 0.129. The zero-order valence-corrected chi connectivity index (χ0v) is 19.9. The van der Waals surface area contributed by atoms with Crippen molar-refractivity contribution in [2.24, 2.45) is 0 Å². The maximum absolute atomic E-state index is 13.3. The molecule has 0 saturated heterocycles. The highest BCUT2D eigenvalue weighted by Gasteiger charge is 2.47. The summed E-state index contributed by atoms with van der Waals surface area (Å²) in [5.74, 6) is 1.13. The van der Waals surface area contributed by atoms with Gasteiger partial charge in [-0.15, -0.1) is 0 Å². The van der Waals surface area contributed by atoms with Gasteiger partial charge >= 0.3 is 11.3 Å². The molecular weight excluding hydrogens is 444 g/mol. The van der Waals surface area contributed by atoms with Gasteiger partial charge in [-0.2, -0.15) is 0 Å². The zero-order valence-electron chi connectivity index (χ0n) is 19.0. The van der Waals surface area contributed by atoms with Gasteiger partial charge in [0, 0.05) is 11.5 Å². The van der Waals surface area contributed by atoms with Crippen LogP contribution < -0.4 is 29.4 Å². The number of rotatable bonds is 6. The third kappa shape index (κ3) is 3.60. The Hall–Kier alpha value is -3.53. The van der Waals surface area contributed by atoms with E-state index in [9.17, 15) is 9.59 Å². The molecular formula is C23H25N4O5S+. The monoisotopic (exact) mass is 469 g/mol. The van der Waals surface area contributed by atoms with Crippen molar-refractivity contribution in [3.63, 3.8) is 0 Å². The van der Waals surface area contributed by atoms with Crippen LogP contribution in [0.4, 0.5) is 5.69 Å². The molecule has 172 valence electrons. The third-order valence-corrected chi connectivity index (χ3v) is 6.11. The van der Waals surface area contributed by atoms with Crippen LogP contribution in [0.25, 0.3) is 11.3 Å². The van der Waals surface area contributed by atoms with Crippen molar-refractivity contribution < 1.29 is 23.7 Å². The highest BCUT2D eigenvalue weighted by Crippen LogP contribution is 2.45. The number of ether oxygens (including phenoxy) is 3. The second-order valence-corrected chi connectivity index (χ2v) is 7.98. The maximum Gasteiger partial charge on any atom is 0.325 e. The number of hydrogen-bond acceptors (Lipinski definition) is 7. The summed E-state index contributed by atoms with van der Waals surface area (Å²) in [6.07, 6.45) is 1.29. The summed E-state index contributed by atoms with van der Waals surface area (Å²) in [5, 5.41) is 5.12. The molecule has 33 heavy (non-hydrogen) atoms. The molecule has 1 aliphatic heterocycles. The van der Waals surface area contributed by atoms with Crippen LogP contribution in [0.1, 0.15) is 25.1 Å². The lowest BCUT2D eigenvalue weighted by atomic mass is 10.00. The molecule has 1 atom stereocenters. The Morgan fingerprint density at radius 2 is 1.85 bits per heavy atom. The fourth-order valence-electron chi connectivity index (χ4n) is 4.11. The molecule has 1 aromatic heterocycles. The first-order valence-electron chi connectivity index (χ1n) is 10.3. The van der Waals surface area contributed by atoms with Crippen molar-refractivity contribution >= 4 is 23.4 Å². The average molecular weight is 470 g/mol. The molecule has 0 aliphatic carbocycles. The van der Waals surface area contributed by atoms with E-state index in [4.69, 9.17) is 19.3 Å². The number of hydrogen-bond donors (Lipinski definition) is 1. The number of amides is 1. The van der Waals surface area contributed by atoms with E-state index in [-0.39, 0.29) is 17.9 Å². The highest BCUT2D eigenvalue weighted by molar-refractivity contribution is 7.98. The van der Waals surface area contributed by atoms with E-state index in [0.717, 1.165) is 0 Å². The lowest BCUT2D eigenvalue weighted by Crippen LogP contribution is -2.61. The Morgan fingerprint density at radius 3 is 2.48 bits per heavy atom. The van der Waals surface area contributed by atoms with Gasteiger partial charge in [-0.3, -0.25) is 14.6 Å². The van der Waals surface area contributed by atoms with Crippen LogP contribution >= 0.6 is 11.8 Å². The first-order valence-corrected chi connectivity index (χ1v) is 11.5. The third-order valence-electron chi connectivity index (χ3n) is 5.54. The van der Waals surface area contributed by atoms with E-state index in [0.29, 0.717) is 44.9 Å². The fraction of sp³-hybridized carbons (Fsp3) is 0.304. The molecule has 0 saturated carbocycles. The van der Waals surface area contributed by atoms with Gasteiger partial charge in [0.1, 0.15) is 0 Å². The Labute approximate surface area is 195 Å². The van der Waals surface area contributed by atoms with Gasteiger partial charge in [-0.1, -0.05) is 30.8 Å². The number of para-hydroxylation sites is 1. The molecule has 1 N–H and O–H groups in total. The molecule has 4 rings (SSSR count). The number of anilines is 1. The van der Waals surface area contributed by atoms with Gasteiger partial charge in [0.15, 0.2) is 11.5 Å². The summed E-state index contributed by atoms with van der Waals surface area (Å²) in [6.45, 7) is 1.80. The van der Waals surface area contributed by atoms with Crippen LogP contribution in [0, 0.1) is 0 Å². The van der Waals surface area contributed by atoms with Crippen LogP contribution in [-0.2, 0) is 4.79 Å². The van der Waals surface area contributed by atoms with Crippen molar-refractivity contribution in [3.05, 3.63) is 52.3 Å². The smallest absolute Gasteiger partial charge is 0.325 e. The number of nitrogens with one attached hydrogen (secondary N) is 1. The summed E-state index contributed by atoms with van der Waals surface area (Å²) in [4.78, 5) is 31.0. The summed E-state index contributed by atoms with van der Waals surface area (Å²) in [5.41, 5.74) is 1.90. The Kier molecular flexibility index (Phi) is 6.28. The molecule has 0 spiro atoms. The first-order chi connectivity index (χ1) is 16.0. The van der Waals surface area contributed by atoms with Gasteiger partial charge < -0.3 is 14.2 Å². The molecule has 1 aliphatic rings. The van der Waals surface area contributed by atoms with Crippen LogP contribution in [0.3, 0.4) is 0 Å². The SMILES string of the molecule is CCC(=O)N1c2ccccc2-c2c(=O)[nH]c(SC)n[n+]2[C@H]1c1ccc(OC)c(OC)c1OC. The van der Waals surface area contributed by atoms with Crippen LogP contribution in [0.5, 0.6) is 17.2 Å². The standard InChI is InChI=1S/C23H24N4O5S/c1-6-17(28)26-15-10-8-7-9-13(15)18-21(29)24-23(33-5)25-27(18)22(26)14-11-12-16(30-2)20(32-4)19(14)31-3/h7-12,22H,6H2,1-5H3/p+1/t22-/m0/s1. The number of thioether (sulfide) groups is 1. The van der Waals surface area contributed by atoms with Gasteiger partial charge in [0.25, 0.3) is 6.17 Å². The van der Waals surface area contributed by atoms with Crippen molar-refractivity contribution in [2.75, 3.05) is 32.5 Å². The number of carbonyl (C=O) groups is 1. The molecule has 2 heterocycles. The van der Waals surface area contributed by atoms with Crippen LogP contribution in [-0.4, -0.2) is 43.6 Å². The van der Waals surface area contributed by atoms with Crippen LogP contribution in [0.2, 0.25) is 0 Å². The van der Waals surface area contributed by atoms with E-state index >= 15 is 0 Å². The summed E-state index contributed by atoms with van der Waals surface area (Å²) in [7, 11) is 4.58. The Morgan fingerprint density at radius 1 is 1.12 bits per heavy atom. The number of benzene rings is 2. The van der Waals surface area contributed by atoms with E-state index in [1.807, 2.05) is 30.5 Å². The molecule has 10 heteroatoms. The summed E-state index contributed by atoms with van der Waals surface area (Å²) < 4.78 is 18.3. The summed E-state index contributed by atoms with van der Waals surface area (Å²) in [6, 6.07) is 10.9. The lowest BCUT2D eigenvalue weighted by molar-refractivity contribution is -0.763. The van der Waals surface area contributed by atoms with E-state index < -0.39 is 6.17 Å². The van der Waals surface area contributed by atoms with Gasteiger partial charge in [-0.25, -0.2) is 4.90 Å². The Balaban J connectivity index is 2.13. The lowest BCUT2D eigenvalue weighted by Gasteiger charge is -2.32. The maximum atomic E-state index is 13.3. The zero-order chi connectivity index (χ0) is 23.7. The molecule has 0 radical (unpaired) electrons. The van der Waals surface area contributed by atoms with Crippen molar-refractivity contribution in [2.45, 2.75) is 24.7 Å². The summed E-state index contributed by atoms with van der Waals surface area (Å²) >= 11 is 1.31. The molecule has 2 aromatic carbocycles. The second kappa shape index (κ2) is 9.14. The normalized spacial score (nSPS) is 14.3. The molecule has 1 amide bonds. The van der Waals surface area contributed by atoms with E-state index in [1.54, 1.807) is 28.6 Å². The van der Waals surface area contributed by atoms with Gasteiger partial charge in [0.2, 0.25) is 16.8 Å². The number of H-pyrrole nitrogens is 1. The number of aromatic amines is 1. The minimum Gasteiger partial charge on any atom is -0.493 e.